The van der Waals surface area contributed by atoms with Crippen LogP contribution in [-0.4, -0.2) is 50.7 Å². The van der Waals surface area contributed by atoms with Gasteiger partial charge < -0.3 is 15.0 Å². The summed E-state index contributed by atoms with van der Waals surface area (Å²) in [6.45, 7) is 6.12. The second-order valence-electron chi connectivity index (χ2n) is 3.83. The molecule has 1 N–H and O–H groups in total. The van der Waals surface area contributed by atoms with E-state index in [1.165, 1.54) is 0 Å². The van der Waals surface area contributed by atoms with Gasteiger partial charge in [-0.05, 0) is 27.4 Å². The molecule has 15 heavy (non-hydrogen) atoms. The number of carbonyl (C=O) groups is 1. The molecule has 1 amide bonds. The van der Waals surface area contributed by atoms with Gasteiger partial charge >= 0.3 is 0 Å². The fraction of sp³-hybridized carbons (Fsp3) is 0.909. The zero-order valence-electron chi connectivity index (χ0n) is 10.4. The van der Waals surface area contributed by atoms with Gasteiger partial charge in [-0.25, -0.2) is 0 Å². The second-order valence-corrected chi connectivity index (χ2v) is 3.83. The van der Waals surface area contributed by atoms with Crippen molar-refractivity contribution in [1.82, 2.24) is 10.2 Å². The van der Waals surface area contributed by atoms with Crippen molar-refractivity contribution in [2.24, 2.45) is 0 Å². The molecule has 0 bridgehead atoms. The smallest absolute Gasteiger partial charge is 0.219 e. The first-order valence-electron chi connectivity index (χ1n) is 5.63. The van der Waals surface area contributed by atoms with E-state index < -0.39 is 0 Å². The molecule has 0 fully saturated rings. The maximum atomic E-state index is 11.1. The van der Waals surface area contributed by atoms with Gasteiger partial charge in [0.05, 0.1) is 6.10 Å². The summed E-state index contributed by atoms with van der Waals surface area (Å²) in [5.74, 6) is 0.0876. The van der Waals surface area contributed by atoms with E-state index in [9.17, 15) is 4.79 Å². The van der Waals surface area contributed by atoms with Crippen molar-refractivity contribution >= 4 is 5.91 Å². The molecule has 0 aromatic heterocycles. The Bertz CT molecular complexity index is 172. The van der Waals surface area contributed by atoms with E-state index in [0.717, 1.165) is 13.0 Å². The van der Waals surface area contributed by atoms with Gasteiger partial charge in [-0.2, -0.15) is 0 Å². The lowest BCUT2D eigenvalue weighted by Crippen LogP contribution is -2.35. The quantitative estimate of drug-likeness (QED) is 0.654. The Labute approximate surface area is 93.0 Å². The molecule has 0 unspecified atom stereocenters. The third-order valence-corrected chi connectivity index (χ3v) is 2.15. The number of amides is 1. The highest BCUT2D eigenvalue weighted by atomic mass is 16.5. The molecular formula is C11H24N2O2. The van der Waals surface area contributed by atoms with Gasteiger partial charge in [0.15, 0.2) is 0 Å². The van der Waals surface area contributed by atoms with Crippen molar-refractivity contribution in [3.05, 3.63) is 0 Å². The largest absolute Gasteiger partial charge is 0.377 e. The summed E-state index contributed by atoms with van der Waals surface area (Å²) in [7, 11) is 4.07. The lowest BCUT2D eigenvalue weighted by Gasteiger charge is -2.19. The van der Waals surface area contributed by atoms with Crippen molar-refractivity contribution in [2.75, 3.05) is 33.8 Å². The van der Waals surface area contributed by atoms with Gasteiger partial charge in [-0.3, -0.25) is 4.79 Å². The number of hydrogen-bond acceptors (Lipinski definition) is 3. The minimum atomic E-state index is 0.0876. The van der Waals surface area contributed by atoms with Gasteiger partial charge in [0, 0.05) is 26.1 Å². The zero-order chi connectivity index (χ0) is 11.7. The molecule has 0 aromatic carbocycles. The maximum absolute atomic E-state index is 11.1. The topological polar surface area (TPSA) is 41.6 Å². The van der Waals surface area contributed by atoms with Crippen LogP contribution in [0.1, 0.15) is 26.7 Å². The monoisotopic (exact) mass is 216 g/mol. The predicted molar refractivity (Wildman–Crippen MR) is 61.9 cm³/mol. The van der Waals surface area contributed by atoms with E-state index in [1.54, 1.807) is 0 Å². The molecule has 0 spiro atoms. The summed E-state index contributed by atoms with van der Waals surface area (Å²) in [5, 5.41) is 2.86. The van der Waals surface area contributed by atoms with E-state index in [1.807, 2.05) is 27.9 Å². The summed E-state index contributed by atoms with van der Waals surface area (Å²) < 4.78 is 5.55. The molecule has 4 heteroatoms. The minimum Gasteiger partial charge on any atom is -0.377 e. The highest BCUT2D eigenvalue weighted by Crippen LogP contribution is 1.98. The maximum Gasteiger partial charge on any atom is 0.219 e. The van der Waals surface area contributed by atoms with E-state index >= 15 is 0 Å². The lowest BCUT2D eigenvalue weighted by atomic mass is 10.2. The van der Waals surface area contributed by atoms with Crippen molar-refractivity contribution in [2.45, 2.75) is 32.8 Å². The Morgan fingerprint density at radius 3 is 2.53 bits per heavy atom. The first-order chi connectivity index (χ1) is 7.10. The average molecular weight is 216 g/mol. The molecule has 0 saturated carbocycles. The van der Waals surface area contributed by atoms with Crippen LogP contribution in [-0.2, 0) is 9.53 Å². The van der Waals surface area contributed by atoms with Crippen molar-refractivity contribution < 1.29 is 9.53 Å². The van der Waals surface area contributed by atoms with E-state index in [2.05, 4.69) is 10.2 Å². The predicted octanol–water partition coefficient (Wildman–Crippen LogP) is 0.869. The van der Waals surface area contributed by atoms with Crippen LogP contribution >= 0.6 is 0 Å². The van der Waals surface area contributed by atoms with Crippen molar-refractivity contribution in [1.29, 1.82) is 0 Å². The zero-order valence-corrected chi connectivity index (χ0v) is 10.4. The van der Waals surface area contributed by atoms with E-state index in [-0.39, 0.29) is 12.0 Å². The van der Waals surface area contributed by atoms with Crippen LogP contribution in [0.4, 0.5) is 0 Å². The van der Waals surface area contributed by atoms with Crippen LogP contribution in [0.5, 0.6) is 0 Å². The molecular weight excluding hydrogens is 192 g/mol. The third-order valence-electron chi connectivity index (χ3n) is 2.15. The average Bonchev–Trinajstić information content (AvgIpc) is 2.21. The number of nitrogens with zero attached hydrogens (tertiary/aromatic N) is 1. The van der Waals surface area contributed by atoms with Crippen molar-refractivity contribution in [3.63, 3.8) is 0 Å². The van der Waals surface area contributed by atoms with E-state index in [4.69, 9.17) is 4.74 Å². The highest BCUT2D eigenvalue weighted by Gasteiger charge is 2.09. The molecule has 0 saturated heterocycles. The molecule has 0 aliphatic rings. The van der Waals surface area contributed by atoms with Crippen LogP contribution in [0.3, 0.4) is 0 Å². The van der Waals surface area contributed by atoms with Crippen LogP contribution in [0, 0.1) is 0 Å². The van der Waals surface area contributed by atoms with Crippen LogP contribution in [0.2, 0.25) is 0 Å². The summed E-state index contributed by atoms with van der Waals surface area (Å²) in [4.78, 5) is 13.2. The fourth-order valence-electron chi connectivity index (χ4n) is 1.23. The van der Waals surface area contributed by atoms with Gasteiger partial charge in [0.1, 0.15) is 0 Å². The van der Waals surface area contributed by atoms with Gasteiger partial charge in [-0.1, -0.05) is 6.92 Å². The first-order valence-corrected chi connectivity index (χ1v) is 5.63. The Hall–Kier alpha value is -0.610. The van der Waals surface area contributed by atoms with Crippen LogP contribution < -0.4 is 5.32 Å². The Morgan fingerprint density at radius 1 is 1.40 bits per heavy atom. The number of hydrogen-bond donors (Lipinski definition) is 1. The van der Waals surface area contributed by atoms with Gasteiger partial charge in [-0.15, -0.1) is 0 Å². The Balaban J connectivity index is 3.77. The van der Waals surface area contributed by atoms with Gasteiger partial charge in [0.25, 0.3) is 0 Å². The Morgan fingerprint density at radius 2 is 2.07 bits per heavy atom. The molecule has 90 valence electrons. The molecule has 0 radical (unpaired) electrons. The molecule has 1 atom stereocenters. The summed E-state index contributed by atoms with van der Waals surface area (Å²) in [6, 6.07) is 0. The number of rotatable bonds is 8. The standard InChI is InChI=1S/C11H24N2O2/c1-5-11(14)12-9-10(15-6-2)7-8-13(3)4/h10H,5-9H2,1-4H3,(H,12,14)/t10-/m1/s1. The van der Waals surface area contributed by atoms with Crippen LogP contribution in [0.25, 0.3) is 0 Å². The normalized spacial score (nSPS) is 12.9. The summed E-state index contributed by atoms with van der Waals surface area (Å²) >= 11 is 0. The minimum absolute atomic E-state index is 0.0876. The van der Waals surface area contributed by atoms with Crippen molar-refractivity contribution in [3.8, 4) is 0 Å². The first kappa shape index (κ1) is 14.4. The second kappa shape index (κ2) is 8.68. The lowest BCUT2D eigenvalue weighted by molar-refractivity contribution is -0.121. The number of ether oxygens (including phenoxy) is 1. The number of carbonyl (C=O) groups excluding carboxylic acids is 1. The summed E-state index contributed by atoms with van der Waals surface area (Å²) in [6.07, 6.45) is 1.62. The molecule has 0 rings (SSSR count). The summed E-state index contributed by atoms with van der Waals surface area (Å²) in [5.41, 5.74) is 0. The molecule has 0 heterocycles. The highest BCUT2D eigenvalue weighted by molar-refractivity contribution is 5.75. The molecule has 0 aromatic rings. The molecule has 0 aliphatic carbocycles. The fourth-order valence-corrected chi connectivity index (χ4v) is 1.23. The third kappa shape index (κ3) is 8.39. The van der Waals surface area contributed by atoms with Crippen LogP contribution in [0.15, 0.2) is 0 Å². The Kier molecular flexibility index (Phi) is 8.33. The number of nitrogens with one attached hydrogen (secondary N) is 1. The molecule has 0 aliphatic heterocycles. The van der Waals surface area contributed by atoms with Gasteiger partial charge in [0.2, 0.25) is 5.91 Å². The van der Waals surface area contributed by atoms with E-state index in [0.29, 0.717) is 19.6 Å². The SMILES string of the molecule is CCO[C@H](CCN(C)C)CNC(=O)CC. The molecule has 4 nitrogen and oxygen atoms in total.